The van der Waals surface area contributed by atoms with Crippen LogP contribution in [0.3, 0.4) is 0 Å². The molecule has 1 aliphatic rings. The molecule has 2 aromatic rings. The summed E-state index contributed by atoms with van der Waals surface area (Å²) in [5.74, 6) is 0.384. The van der Waals surface area contributed by atoms with E-state index in [-0.39, 0.29) is 23.3 Å². The second-order valence-electron chi connectivity index (χ2n) is 5.11. The Balaban J connectivity index is 1.76. The van der Waals surface area contributed by atoms with Crippen LogP contribution in [0.25, 0.3) is 11.1 Å². The minimum Gasteiger partial charge on any atom is -0.423 e. The molecule has 0 amide bonds. The SMILES string of the molecule is O=[N+]([O-])c1cccc2oc(NCC3CCC(O)C3)nc12. The molecule has 1 aromatic carbocycles. The van der Waals surface area contributed by atoms with Gasteiger partial charge in [0.25, 0.3) is 11.7 Å². The van der Waals surface area contributed by atoms with E-state index in [2.05, 4.69) is 10.3 Å². The normalized spacial score (nSPS) is 22.2. The first-order valence-electron chi connectivity index (χ1n) is 6.59. The van der Waals surface area contributed by atoms with Gasteiger partial charge in [0.2, 0.25) is 0 Å². The third-order valence-electron chi connectivity index (χ3n) is 3.65. The predicted octanol–water partition coefficient (Wildman–Crippen LogP) is 2.31. The van der Waals surface area contributed by atoms with Crippen LogP contribution in [-0.2, 0) is 0 Å². The molecule has 3 rings (SSSR count). The zero-order valence-electron chi connectivity index (χ0n) is 10.8. The molecule has 20 heavy (non-hydrogen) atoms. The first-order chi connectivity index (χ1) is 9.63. The molecule has 0 aliphatic heterocycles. The van der Waals surface area contributed by atoms with E-state index in [1.54, 1.807) is 12.1 Å². The molecule has 106 valence electrons. The van der Waals surface area contributed by atoms with E-state index in [0.717, 1.165) is 19.3 Å². The molecule has 1 saturated carbocycles. The number of nitrogens with one attached hydrogen (secondary N) is 1. The molecule has 1 fully saturated rings. The lowest BCUT2D eigenvalue weighted by Gasteiger charge is -2.08. The average Bonchev–Trinajstić information content (AvgIpc) is 3.01. The van der Waals surface area contributed by atoms with Crippen molar-refractivity contribution < 1.29 is 14.4 Å². The lowest BCUT2D eigenvalue weighted by molar-refractivity contribution is -0.383. The maximum Gasteiger partial charge on any atom is 0.298 e. The van der Waals surface area contributed by atoms with Crippen LogP contribution in [0.15, 0.2) is 22.6 Å². The fourth-order valence-corrected chi connectivity index (χ4v) is 2.62. The van der Waals surface area contributed by atoms with Crippen LogP contribution in [0.5, 0.6) is 0 Å². The summed E-state index contributed by atoms with van der Waals surface area (Å²) in [6.07, 6.45) is 2.35. The van der Waals surface area contributed by atoms with Gasteiger partial charge in [-0.3, -0.25) is 10.1 Å². The largest absolute Gasteiger partial charge is 0.423 e. The number of para-hydroxylation sites is 1. The van der Waals surface area contributed by atoms with Gasteiger partial charge < -0.3 is 14.8 Å². The van der Waals surface area contributed by atoms with Gasteiger partial charge in [-0.2, -0.15) is 4.98 Å². The first-order valence-corrected chi connectivity index (χ1v) is 6.59. The number of nitro groups is 1. The fourth-order valence-electron chi connectivity index (χ4n) is 2.62. The minimum absolute atomic E-state index is 0.0596. The molecule has 1 aromatic heterocycles. The number of nitrogens with zero attached hydrogens (tertiary/aromatic N) is 2. The van der Waals surface area contributed by atoms with Crippen molar-refractivity contribution in [1.82, 2.24) is 4.98 Å². The molecule has 0 radical (unpaired) electrons. The third-order valence-corrected chi connectivity index (χ3v) is 3.65. The summed E-state index contributed by atoms with van der Waals surface area (Å²) in [6, 6.07) is 4.92. The number of oxazole rings is 1. The maximum absolute atomic E-state index is 10.9. The number of hydrogen-bond donors (Lipinski definition) is 2. The predicted molar refractivity (Wildman–Crippen MR) is 72.5 cm³/mol. The molecule has 0 bridgehead atoms. The Hall–Kier alpha value is -2.15. The highest BCUT2D eigenvalue weighted by Crippen LogP contribution is 2.29. The molecule has 7 nitrogen and oxygen atoms in total. The smallest absolute Gasteiger partial charge is 0.298 e. The molecule has 0 spiro atoms. The van der Waals surface area contributed by atoms with E-state index < -0.39 is 4.92 Å². The lowest BCUT2D eigenvalue weighted by atomic mass is 10.1. The zero-order chi connectivity index (χ0) is 14.1. The Kier molecular flexibility index (Phi) is 3.27. The van der Waals surface area contributed by atoms with Crippen LogP contribution in [0.2, 0.25) is 0 Å². The highest BCUT2D eigenvalue weighted by Gasteiger charge is 2.23. The monoisotopic (exact) mass is 277 g/mol. The highest BCUT2D eigenvalue weighted by molar-refractivity contribution is 5.83. The van der Waals surface area contributed by atoms with Crippen molar-refractivity contribution in [1.29, 1.82) is 0 Å². The van der Waals surface area contributed by atoms with Crippen molar-refractivity contribution >= 4 is 22.8 Å². The number of nitro benzene ring substituents is 1. The number of aliphatic hydroxyl groups excluding tert-OH is 1. The van der Waals surface area contributed by atoms with Gasteiger partial charge in [-0.25, -0.2) is 0 Å². The number of non-ortho nitro benzene ring substituents is 1. The van der Waals surface area contributed by atoms with Gasteiger partial charge in [-0.15, -0.1) is 0 Å². The number of rotatable bonds is 4. The molecule has 7 heteroatoms. The zero-order valence-corrected chi connectivity index (χ0v) is 10.8. The van der Waals surface area contributed by atoms with Gasteiger partial charge in [0, 0.05) is 12.6 Å². The summed E-state index contributed by atoms with van der Waals surface area (Å²) in [5.41, 5.74) is 0.593. The number of hydrogen-bond acceptors (Lipinski definition) is 6. The second kappa shape index (κ2) is 5.09. The number of aromatic nitrogens is 1. The Morgan fingerprint density at radius 2 is 2.35 bits per heavy atom. The highest BCUT2D eigenvalue weighted by atomic mass is 16.6. The standard InChI is InChI=1S/C13H15N3O4/c17-9-5-4-8(6-9)7-14-13-15-12-10(16(18)19)2-1-3-11(12)20-13/h1-3,8-9,17H,4-7H2,(H,14,15). The van der Waals surface area contributed by atoms with E-state index >= 15 is 0 Å². The Morgan fingerprint density at radius 3 is 3.05 bits per heavy atom. The summed E-state index contributed by atoms with van der Waals surface area (Å²) in [7, 11) is 0. The maximum atomic E-state index is 10.9. The fraction of sp³-hybridized carbons (Fsp3) is 0.462. The van der Waals surface area contributed by atoms with Crippen molar-refractivity contribution in [3.8, 4) is 0 Å². The van der Waals surface area contributed by atoms with Gasteiger partial charge in [-0.05, 0) is 31.2 Å². The van der Waals surface area contributed by atoms with E-state index in [1.165, 1.54) is 6.07 Å². The van der Waals surface area contributed by atoms with Crippen molar-refractivity contribution in [2.45, 2.75) is 25.4 Å². The summed E-state index contributed by atoms with van der Waals surface area (Å²) in [4.78, 5) is 14.6. The Morgan fingerprint density at radius 1 is 1.50 bits per heavy atom. The van der Waals surface area contributed by atoms with Crippen molar-refractivity contribution in [3.63, 3.8) is 0 Å². The number of aliphatic hydroxyl groups is 1. The van der Waals surface area contributed by atoms with Gasteiger partial charge in [0.05, 0.1) is 11.0 Å². The molecular weight excluding hydrogens is 262 g/mol. The minimum atomic E-state index is -0.470. The summed E-state index contributed by atoms with van der Waals surface area (Å²) in [5, 5.41) is 23.4. The first kappa shape index (κ1) is 12.9. The molecular formula is C13H15N3O4. The summed E-state index contributed by atoms with van der Waals surface area (Å²) in [6.45, 7) is 0.650. The van der Waals surface area contributed by atoms with Gasteiger partial charge in [0.15, 0.2) is 11.1 Å². The molecule has 0 saturated heterocycles. The van der Waals surface area contributed by atoms with E-state index in [0.29, 0.717) is 18.0 Å². The van der Waals surface area contributed by atoms with E-state index in [9.17, 15) is 15.2 Å². The van der Waals surface area contributed by atoms with E-state index in [1.807, 2.05) is 0 Å². The summed E-state index contributed by atoms with van der Waals surface area (Å²) < 4.78 is 5.46. The van der Waals surface area contributed by atoms with Gasteiger partial charge >= 0.3 is 0 Å². The van der Waals surface area contributed by atoms with Crippen molar-refractivity contribution in [3.05, 3.63) is 28.3 Å². The van der Waals surface area contributed by atoms with Gasteiger partial charge in [0.1, 0.15) is 0 Å². The second-order valence-corrected chi connectivity index (χ2v) is 5.11. The van der Waals surface area contributed by atoms with Crippen molar-refractivity contribution in [2.24, 2.45) is 5.92 Å². The third kappa shape index (κ3) is 2.44. The quantitative estimate of drug-likeness (QED) is 0.656. The topological polar surface area (TPSA) is 101 Å². The molecule has 1 heterocycles. The van der Waals surface area contributed by atoms with Crippen LogP contribution in [0.4, 0.5) is 11.7 Å². The number of fused-ring (bicyclic) bond motifs is 1. The number of anilines is 1. The van der Waals surface area contributed by atoms with E-state index in [4.69, 9.17) is 4.42 Å². The number of benzene rings is 1. The molecule has 1 aliphatic carbocycles. The molecule has 2 N–H and O–H groups in total. The van der Waals surface area contributed by atoms with Crippen LogP contribution >= 0.6 is 0 Å². The van der Waals surface area contributed by atoms with Crippen LogP contribution < -0.4 is 5.32 Å². The molecule has 2 atom stereocenters. The summed E-state index contributed by atoms with van der Waals surface area (Å²) >= 11 is 0. The van der Waals surface area contributed by atoms with Crippen molar-refractivity contribution in [2.75, 3.05) is 11.9 Å². The van der Waals surface area contributed by atoms with Gasteiger partial charge in [-0.1, -0.05) is 6.07 Å². The van der Waals surface area contributed by atoms with Crippen LogP contribution in [0.1, 0.15) is 19.3 Å². The lowest BCUT2D eigenvalue weighted by Crippen LogP contribution is -2.12. The van der Waals surface area contributed by atoms with Crippen LogP contribution in [0, 0.1) is 16.0 Å². The Bertz CT molecular complexity index is 640. The van der Waals surface area contributed by atoms with Crippen LogP contribution in [-0.4, -0.2) is 27.7 Å². The molecule has 2 unspecified atom stereocenters. The Labute approximate surface area is 114 Å². The average molecular weight is 277 g/mol.